The van der Waals surface area contributed by atoms with Crippen molar-refractivity contribution >= 4 is 0 Å². The zero-order valence-corrected chi connectivity index (χ0v) is 10.9. The van der Waals surface area contributed by atoms with Crippen LogP contribution in [0.5, 0.6) is 0 Å². The molecule has 2 heterocycles. The van der Waals surface area contributed by atoms with Crippen molar-refractivity contribution in [1.29, 1.82) is 0 Å². The first-order chi connectivity index (χ1) is 9.29. The SMILES string of the molecule is NCCCCc1cn(CCn2ccccc2=O)nn1. The van der Waals surface area contributed by atoms with E-state index < -0.39 is 0 Å². The van der Waals surface area contributed by atoms with Gasteiger partial charge in [-0.15, -0.1) is 5.10 Å². The van der Waals surface area contributed by atoms with Gasteiger partial charge < -0.3 is 10.3 Å². The van der Waals surface area contributed by atoms with E-state index in [-0.39, 0.29) is 5.56 Å². The third kappa shape index (κ3) is 4.03. The summed E-state index contributed by atoms with van der Waals surface area (Å²) >= 11 is 0. The van der Waals surface area contributed by atoms with Crippen molar-refractivity contribution in [3.8, 4) is 0 Å². The van der Waals surface area contributed by atoms with Crippen molar-refractivity contribution in [2.45, 2.75) is 32.4 Å². The fourth-order valence-electron chi connectivity index (χ4n) is 1.87. The molecule has 2 N–H and O–H groups in total. The van der Waals surface area contributed by atoms with Crippen LogP contribution < -0.4 is 11.3 Å². The van der Waals surface area contributed by atoms with E-state index in [0.29, 0.717) is 19.6 Å². The summed E-state index contributed by atoms with van der Waals surface area (Å²) in [4.78, 5) is 11.5. The number of unbranched alkanes of at least 4 members (excludes halogenated alkanes) is 1. The molecule has 19 heavy (non-hydrogen) atoms. The monoisotopic (exact) mass is 261 g/mol. The van der Waals surface area contributed by atoms with E-state index in [1.54, 1.807) is 27.6 Å². The Bertz CT molecular complexity index is 560. The number of rotatable bonds is 7. The Morgan fingerprint density at radius 3 is 2.89 bits per heavy atom. The third-order valence-electron chi connectivity index (χ3n) is 2.94. The Kier molecular flexibility index (Phi) is 4.85. The molecule has 0 aliphatic rings. The highest BCUT2D eigenvalue weighted by molar-refractivity contribution is 4.94. The highest BCUT2D eigenvalue weighted by Crippen LogP contribution is 2.00. The summed E-state index contributed by atoms with van der Waals surface area (Å²) in [6.07, 6.45) is 6.66. The number of aromatic nitrogens is 4. The van der Waals surface area contributed by atoms with Crippen LogP contribution in [0, 0.1) is 0 Å². The van der Waals surface area contributed by atoms with Crippen LogP contribution in [0.3, 0.4) is 0 Å². The van der Waals surface area contributed by atoms with Gasteiger partial charge in [0.1, 0.15) is 0 Å². The van der Waals surface area contributed by atoms with E-state index in [1.165, 1.54) is 0 Å². The normalized spacial score (nSPS) is 10.8. The van der Waals surface area contributed by atoms with Crippen LogP contribution in [0.25, 0.3) is 0 Å². The summed E-state index contributed by atoms with van der Waals surface area (Å²) in [5, 5.41) is 8.17. The van der Waals surface area contributed by atoms with Crippen molar-refractivity contribution in [1.82, 2.24) is 19.6 Å². The minimum Gasteiger partial charge on any atom is -0.330 e. The quantitative estimate of drug-likeness (QED) is 0.733. The maximum atomic E-state index is 11.5. The van der Waals surface area contributed by atoms with Crippen LogP contribution in [-0.4, -0.2) is 26.1 Å². The molecule has 102 valence electrons. The van der Waals surface area contributed by atoms with Gasteiger partial charge in [0, 0.05) is 25.0 Å². The molecule has 0 aliphatic heterocycles. The first-order valence-electron chi connectivity index (χ1n) is 6.54. The molecule has 6 nitrogen and oxygen atoms in total. The van der Waals surface area contributed by atoms with Crippen molar-refractivity contribution in [2.24, 2.45) is 5.73 Å². The molecule has 0 unspecified atom stereocenters. The van der Waals surface area contributed by atoms with E-state index in [4.69, 9.17) is 5.73 Å². The predicted octanol–water partition coefficient (Wildman–Crippen LogP) is 0.421. The second-order valence-corrected chi connectivity index (χ2v) is 4.45. The summed E-state index contributed by atoms with van der Waals surface area (Å²) in [5.41, 5.74) is 6.44. The lowest BCUT2D eigenvalue weighted by Gasteiger charge is -2.03. The molecular weight excluding hydrogens is 242 g/mol. The zero-order chi connectivity index (χ0) is 13.5. The molecule has 0 spiro atoms. The molecule has 0 aromatic carbocycles. The average molecular weight is 261 g/mol. The second-order valence-electron chi connectivity index (χ2n) is 4.45. The average Bonchev–Trinajstić information content (AvgIpc) is 2.86. The Morgan fingerprint density at radius 2 is 2.11 bits per heavy atom. The van der Waals surface area contributed by atoms with Gasteiger partial charge in [0.2, 0.25) is 0 Å². The van der Waals surface area contributed by atoms with Gasteiger partial charge in [0.05, 0.1) is 12.2 Å². The zero-order valence-electron chi connectivity index (χ0n) is 10.9. The molecule has 6 heteroatoms. The smallest absolute Gasteiger partial charge is 0.250 e. The van der Waals surface area contributed by atoms with Crippen LogP contribution in [0.15, 0.2) is 35.4 Å². The molecule has 0 saturated heterocycles. The third-order valence-corrected chi connectivity index (χ3v) is 2.94. The number of nitrogens with zero attached hydrogens (tertiary/aromatic N) is 4. The first-order valence-corrected chi connectivity index (χ1v) is 6.54. The summed E-state index contributed by atoms with van der Waals surface area (Å²) < 4.78 is 3.44. The lowest BCUT2D eigenvalue weighted by molar-refractivity contribution is 0.511. The molecule has 0 fully saturated rings. The van der Waals surface area contributed by atoms with Gasteiger partial charge in [-0.2, -0.15) is 0 Å². The number of hydrogen-bond acceptors (Lipinski definition) is 4. The molecule has 0 atom stereocenters. The van der Waals surface area contributed by atoms with Gasteiger partial charge in [-0.25, -0.2) is 0 Å². The van der Waals surface area contributed by atoms with Crippen LogP contribution in [-0.2, 0) is 19.5 Å². The predicted molar refractivity (Wildman–Crippen MR) is 72.7 cm³/mol. The number of hydrogen-bond donors (Lipinski definition) is 1. The molecule has 2 rings (SSSR count). The molecule has 0 bridgehead atoms. The lowest BCUT2D eigenvalue weighted by atomic mass is 10.2. The number of nitrogens with two attached hydrogens (primary N) is 1. The van der Waals surface area contributed by atoms with E-state index in [1.807, 2.05) is 12.3 Å². The van der Waals surface area contributed by atoms with Crippen molar-refractivity contribution in [3.63, 3.8) is 0 Å². The Hall–Kier alpha value is -1.95. The van der Waals surface area contributed by atoms with Crippen molar-refractivity contribution in [2.75, 3.05) is 6.54 Å². The summed E-state index contributed by atoms with van der Waals surface area (Å²) in [6, 6.07) is 5.14. The molecular formula is C13H19N5O. The van der Waals surface area contributed by atoms with Crippen molar-refractivity contribution in [3.05, 3.63) is 46.6 Å². The van der Waals surface area contributed by atoms with Gasteiger partial charge in [0.25, 0.3) is 5.56 Å². The minimum absolute atomic E-state index is 0.00536. The molecule has 0 saturated carbocycles. The van der Waals surface area contributed by atoms with Gasteiger partial charge in [-0.3, -0.25) is 9.48 Å². The van der Waals surface area contributed by atoms with Crippen LogP contribution >= 0.6 is 0 Å². The van der Waals surface area contributed by atoms with Gasteiger partial charge in [0.15, 0.2) is 0 Å². The van der Waals surface area contributed by atoms with E-state index >= 15 is 0 Å². The maximum Gasteiger partial charge on any atom is 0.250 e. The summed E-state index contributed by atoms with van der Waals surface area (Å²) in [5.74, 6) is 0. The van der Waals surface area contributed by atoms with Crippen LogP contribution in [0.4, 0.5) is 0 Å². The standard InChI is InChI=1S/C13H19N5O/c14-7-3-1-5-12-11-18(16-15-12)10-9-17-8-4-2-6-13(17)19/h2,4,6,8,11H,1,3,5,7,9-10,14H2. The second kappa shape index (κ2) is 6.84. The van der Waals surface area contributed by atoms with Crippen LogP contribution in [0.1, 0.15) is 18.5 Å². The van der Waals surface area contributed by atoms with Crippen molar-refractivity contribution < 1.29 is 0 Å². The van der Waals surface area contributed by atoms with Crippen LogP contribution in [0.2, 0.25) is 0 Å². The number of pyridine rings is 1. The molecule has 0 amide bonds. The Labute approximate surface area is 111 Å². The van der Waals surface area contributed by atoms with E-state index in [0.717, 1.165) is 25.0 Å². The topological polar surface area (TPSA) is 78.7 Å². The summed E-state index contributed by atoms with van der Waals surface area (Å²) in [7, 11) is 0. The van der Waals surface area contributed by atoms with E-state index in [2.05, 4.69) is 10.3 Å². The van der Waals surface area contributed by atoms with Gasteiger partial charge >= 0.3 is 0 Å². The minimum atomic E-state index is 0.00536. The van der Waals surface area contributed by atoms with Gasteiger partial charge in [-0.1, -0.05) is 11.3 Å². The maximum absolute atomic E-state index is 11.5. The Morgan fingerprint density at radius 1 is 1.21 bits per heavy atom. The summed E-state index contributed by atoms with van der Waals surface area (Å²) in [6.45, 7) is 1.96. The largest absolute Gasteiger partial charge is 0.330 e. The molecule has 0 aliphatic carbocycles. The molecule has 0 radical (unpaired) electrons. The Balaban J connectivity index is 1.87. The first kappa shape index (κ1) is 13.5. The fraction of sp³-hybridized carbons (Fsp3) is 0.462. The lowest BCUT2D eigenvalue weighted by Crippen LogP contribution is -2.20. The highest BCUT2D eigenvalue weighted by Gasteiger charge is 2.01. The van der Waals surface area contributed by atoms with E-state index in [9.17, 15) is 4.79 Å². The number of aryl methyl sites for hydroxylation is 3. The fourth-order valence-corrected chi connectivity index (χ4v) is 1.87. The van der Waals surface area contributed by atoms with Gasteiger partial charge in [-0.05, 0) is 31.9 Å². The molecule has 2 aromatic heterocycles. The highest BCUT2D eigenvalue weighted by atomic mass is 16.1. The molecule has 2 aromatic rings.